The molecule has 0 aliphatic heterocycles. The fourth-order valence-electron chi connectivity index (χ4n) is 1.98. The van der Waals surface area contributed by atoms with Gasteiger partial charge in [0, 0.05) is 6.07 Å². The second-order valence-corrected chi connectivity index (χ2v) is 6.15. The van der Waals surface area contributed by atoms with Gasteiger partial charge in [0.15, 0.2) is 0 Å². The van der Waals surface area contributed by atoms with Crippen LogP contribution in [0.4, 0.5) is 78.5 Å². The summed E-state index contributed by atoms with van der Waals surface area (Å²) >= 11 is 0. The van der Waals surface area contributed by atoms with Crippen LogP contribution in [0.2, 0.25) is 0 Å². The average Bonchev–Trinajstić information content (AvgIpc) is 2.64. The Labute approximate surface area is 184 Å². The second kappa shape index (κ2) is 8.85. The Morgan fingerprint density at radius 1 is 0.750 bits per heavy atom. The van der Waals surface area contributed by atoms with Crippen molar-refractivity contribution in [2.24, 2.45) is 0 Å². The van der Waals surface area contributed by atoms with E-state index in [4.69, 9.17) is 0 Å². The predicted molar refractivity (Wildman–Crippen MR) is 80.2 cm³/mol. The molecule has 0 aromatic heterocycles. The Morgan fingerprint density at radius 3 is 1.56 bits per heavy atom. The summed E-state index contributed by atoms with van der Waals surface area (Å²) < 4.78 is 184. The van der Waals surface area contributed by atoms with Gasteiger partial charge in [0.25, 0.3) is 11.6 Å². The first-order valence-electron chi connectivity index (χ1n) is 7.84. The van der Waals surface area contributed by atoms with Crippen molar-refractivity contribution in [2.75, 3.05) is 5.32 Å². The minimum atomic E-state index is -8.01. The van der Waals surface area contributed by atoms with Crippen LogP contribution >= 0.6 is 0 Å². The van der Waals surface area contributed by atoms with Gasteiger partial charge in [0.05, 0.1) is 15.9 Å². The summed E-state index contributed by atoms with van der Waals surface area (Å²) in [5.41, 5.74) is -5.70. The van der Waals surface area contributed by atoms with Gasteiger partial charge < -0.3 is 5.32 Å². The molecule has 0 aliphatic carbocycles. The van der Waals surface area contributed by atoms with Gasteiger partial charge in [-0.15, -0.1) is 0 Å². The highest BCUT2D eigenvalue weighted by Gasteiger charge is 2.85. The Bertz CT molecular complexity index is 1070. The smallest absolute Gasteiger partial charge is 0.315 e. The Balaban J connectivity index is 3.63. The molecule has 1 unspecified atom stereocenters. The predicted octanol–water partition coefficient (Wildman–Crippen LogP) is 5.25. The van der Waals surface area contributed by atoms with Crippen molar-refractivity contribution in [3.8, 4) is 0 Å². The quantitative estimate of drug-likeness (QED) is 0.262. The lowest BCUT2D eigenvalue weighted by atomic mass is 10.1. The number of nitro benzene ring substituents is 2. The molecule has 0 heterocycles. The molecule has 1 aromatic carbocycles. The number of nitrogens with one attached hydrogen (secondary N) is 1. The van der Waals surface area contributed by atoms with Gasteiger partial charge in [-0.3, -0.25) is 29.8 Å². The summed E-state index contributed by atoms with van der Waals surface area (Å²) in [6.07, 6.45) is -22.7. The van der Waals surface area contributed by atoms with E-state index in [-0.39, 0.29) is 0 Å². The molecule has 1 rings (SSSR count). The zero-order valence-electron chi connectivity index (χ0n) is 15.8. The molecule has 0 fully saturated rings. The van der Waals surface area contributed by atoms with E-state index in [0.717, 1.165) is 0 Å². The number of benzene rings is 1. The SMILES string of the molecule is O=C(Nc1cc(F)c([N+](=O)[O-])cc1[N+](=O)[O-])C(F)(OC(F)(F)C(F)(F)C(F)(F)C(F)(F)F)C(F)(F)F. The van der Waals surface area contributed by atoms with E-state index in [1.165, 1.54) is 0 Å². The fourth-order valence-corrected chi connectivity index (χ4v) is 1.98. The lowest BCUT2D eigenvalue weighted by Gasteiger charge is -2.36. The number of hydrogen-bond donors (Lipinski definition) is 1. The van der Waals surface area contributed by atoms with Crippen molar-refractivity contribution in [2.45, 2.75) is 36.2 Å². The highest BCUT2D eigenvalue weighted by atomic mass is 19.4. The molecule has 1 amide bonds. The first-order chi connectivity index (χ1) is 15.7. The van der Waals surface area contributed by atoms with Crippen LogP contribution in [-0.4, -0.2) is 51.9 Å². The Kier molecular flexibility index (Phi) is 7.49. The summed E-state index contributed by atoms with van der Waals surface area (Å²) in [6, 6.07) is -0.943. The minimum absolute atomic E-state index is 0.338. The van der Waals surface area contributed by atoms with Crippen molar-refractivity contribution in [3.63, 3.8) is 0 Å². The molecule has 9 nitrogen and oxygen atoms in total. The lowest BCUT2D eigenvalue weighted by Crippen LogP contribution is -2.66. The van der Waals surface area contributed by atoms with Crippen LogP contribution in [0.3, 0.4) is 0 Å². The monoisotopic (exact) mass is 563 g/mol. The molecular formula is C13H3F14N3O6. The molecule has 204 valence electrons. The number of nitro groups is 2. The first kappa shape index (κ1) is 30.5. The summed E-state index contributed by atoms with van der Waals surface area (Å²) in [4.78, 5) is 29.6. The van der Waals surface area contributed by atoms with E-state index < -0.39 is 86.9 Å². The Morgan fingerprint density at radius 2 is 1.19 bits per heavy atom. The van der Waals surface area contributed by atoms with Crippen LogP contribution in [0.1, 0.15) is 0 Å². The number of alkyl halides is 13. The molecule has 0 aliphatic rings. The number of nitrogens with zero attached hydrogens (tertiary/aromatic N) is 2. The Hall–Kier alpha value is -3.53. The third kappa shape index (κ3) is 5.04. The standard InChI is InChI=1S/C13H3F14N3O6/c14-3-1-4(6(30(34)35)2-5(3)29(32)33)28-7(31)8(15,11(20,21)22)36-13(26,27)10(18,19)9(16,17)12(23,24)25/h1-2H,(H,28,31). The number of amides is 1. The molecule has 0 saturated carbocycles. The molecule has 0 bridgehead atoms. The zero-order valence-corrected chi connectivity index (χ0v) is 15.8. The van der Waals surface area contributed by atoms with Gasteiger partial charge in [-0.05, 0) is 0 Å². The van der Waals surface area contributed by atoms with E-state index in [9.17, 15) is 86.5 Å². The fraction of sp³-hybridized carbons (Fsp3) is 0.462. The molecule has 0 spiro atoms. The summed E-state index contributed by atoms with van der Waals surface area (Å²) in [5, 5.41) is 21.7. The molecule has 1 aromatic rings. The maximum absolute atomic E-state index is 14.3. The van der Waals surface area contributed by atoms with Crippen LogP contribution in [0.15, 0.2) is 12.1 Å². The second-order valence-electron chi connectivity index (χ2n) is 6.15. The van der Waals surface area contributed by atoms with Crippen molar-refractivity contribution in [1.29, 1.82) is 0 Å². The zero-order chi connectivity index (χ0) is 28.9. The van der Waals surface area contributed by atoms with E-state index >= 15 is 0 Å². The van der Waals surface area contributed by atoms with Crippen LogP contribution < -0.4 is 5.32 Å². The maximum Gasteiger partial charge on any atom is 0.460 e. The molecule has 0 saturated heterocycles. The van der Waals surface area contributed by atoms with Gasteiger partial charge in [-0.1, -0.05) is 0 Å². The van der Waals surface area contributed by atoms with Crippen LogP contribution in [0.25, 0.3) is 0 Å². The van der Waals surface area contributed by atoms with Gasteiger partial charge in [-0.25, -0.2) is 0 Å². The topological polar surface area (TPSA) is 125 Å². The van der Waals surface area contributed by atoms with Crippen molar-refractivity contribution in [3.05, 3.63) is 38.2 Å². The summed E-state index contributed by atoms with van der Waals surface area (Å²) in [5.74, 6) is -28.9. The van der Waals surface area contributed by atoms with Gasteiger partial charge >= 0.3 is 41.8 Å². The van der Waals surface area contributed by atoms with Gasteiger partial charge in [-0.2, -0.15) is 61.5 Å². The molecule has 0 radical (unpaired) electrons. The third-order valence-electron chi connectivity index (χ3n) is 3.75. The molecule has 23 heteroatoms. The van der Waals surface area contributed by atoms with E-state index in [2.05, 4.69) is 0 Å². The highest BCUT2D eigenvalue weighted by molar-refractivity contribution is 5.98. The number of halogens is 14. The maximum atomic E-state index is 14.3. The number of carbonyl (C=O) groups excluding carboxylic acids is 1. The number of ether oxygens (including phenoxy) is 1. The van der Waals surface area contributed by atoms with E-state index in [1.54, 1.807) is 0 Å². The van der Waals surface area contributed by atoms with E-state index in [1.807, 2.05) is 4.74 Å². The largest absolute Gasteiger partial charge is 0.460 e. The summed E-state index contributed by atoms with van der Waals surface area (Å²) in [7, 11) is 0. The lowest BCUT2D eigenvalue weighted by molar-refractivity contribution is -0.481. The number of anilines is 1. The van der Waals surface area contributed by atoms with Crippen molar-refractivity contribution >= 4 is 23.0 Å². The van der Waals surface area contributed by atoms with Crippen molar-refractivity contribution in [1.82, 2.24) is 0 Å². The van der Waals surface area contributed by atoms with Gasteiger partial charge in [0.1, 0.15) is 5.69 Å². The molecule has 36 heavy (non-hydrogen) atoms. The van der Waals surface area contributed by atoms with Crippen LogP contribution in [0.5, 0.6) is 0 Å². The normalized spacial score (nSPS) is 15.3. The summed E-state index contributed by atoms with van der Waals surface area (Å²) in [6.45, 7) is 0. The van der Waals surface area contributed by atoms with Crippen LogP contribution in [-0.2, 0) is 9.53 Å². The number of carbonyl (C=O) groups is 1. The third-order valence-corrected chi connectivity index (χ3v) is 3.75. The average molecular weight is 563 g/mol. The number of hydrogen-bond acceptors (Lipinski definition) is 6. The number of rotatable bonds is 8. The van der Waals surface area contributed by atoms with Crippen LogP contribution in [0, 0.1) is 26.0 Å². The minimum Gasteiger partial charge on any atom is -0.315 e. The van der Waals surface area contributed by atoms with Gasteiger partial charge in [0.2, 0.25) is 5.82 Å². The highest BCUT2D eigenvalue weighted by Crippen LogP contribution is 2.55. The molecule has 1 atom stereocenters. The molecular weight excluding hydrogens is 560 g/mol. The first-order valence-corrected chi connectivity index (χ1v) is 7.84. The molecule has 1 N–H and O–H groups in total. The van der Waals surface area contributed by atoms with E-state index in [0.29, 0.717) is 5.32 Å². The van der Waals surface area contributed by atoms with Crippen molar-refractivity contribution < 1.29 is 80.8 Å².